The highest BCUT2D eigenvalue weighted by Gasteiger charge is 2.31. The van der Waals surface area contributed by atoms with Gasteiger partial charge < -0.3 is 30.2 Å². The Kier molecular flexibility index (Phi) is 15.2. The molecule has 0 bridgehead atoms. The van der Waals surface area contributed by atoms with Crippen molar-refractivity contribution in [3.05, 3.63) is 57.1 Å². The number of pyridine rings is 1. The number of allylic oxidation sites excluding steroid dienone is 3. The number of hydrogen-bond donors (Lipinski definition) is 3. The molecule has 10 nitrogen and oxygen atoms in total. The van der Waals surface area contributed by atoms with Crippen molar-refractivity contribution < 1.29 is 33.0 Å². The van der Waals surface area contributed by atoms with Crippen molar-refractivity contribution in [1.29, 1.82) is 0 Å². The van der Waals surface area contributed by atoms with E-state index in [4.69, 9.17) is 14.5 Å². The molecule has 0 saturated heterocycles. The van der Waals surface area contributed by atoms with E-state index >= 15 is 4.39 Å². The van der Waals surface area contributed by atoms with Gasteiger partial charge in [0.15, 0.2) is 5.78 Å². The molecule has 3 N–H and O–H groups in total. The zero-order valence-corrected chi connectivity index (χ0v) is 30.3. The van der Waals surface area contributed by atoms with Crippen molar-refractivity contribution in [2.24, 2.45) is 11.8 Å². The van der Waals surface area contributed by atoms with Crippen LogP contribution in [0.2, 0.25) is 0 Å². The van der Waals surface area contributed by atoms with Crippen molar-refractivity contribution in [3.63, 3.8) is 0 Å². The minimum atomic E-state index is -0.540. The lowest BCUT2D eigenvalue weighted by atomic mass is 9.82. The number of aldehydes is 1. The van der Waals surface area contributed by atoms with Crippen LogP contribution < -0.4 is 16.0 Å². The normalized spacial score (nSPS) is 16.4. The maximum Gasteiger partial charge on any atom is 0.246 e. The molecule has 268 valence electrons. The number of hydrogen-bond acceptors (Lipinski definition) is 8. The Hall–Kier alpha value is -3.80. The lowest BCUT2D eigenvalue weighted by molar-refractivity contribution is -0.129. The molecule has 49 heavy (non-hydrogen) atoms. The number of ketones is 1. The largest absolute Gasteiger partial charge is 0.380 e. The number of ether oxygens (including phenoxy) is 2. The Balaban J connectivity index is 2.31. The molecule has 1 aliphatic rings. The van der Waals surface area contributed by atoms with Gasteiger partial charge >= 0.3 is 0 Å². The Morgan fingerprint density at radius 1 is 1.14 bits per heavy atom. The molecule has 2 amide bonds. The lowest BCUT2D eigenvalue weighted by Gasteiger charge is -2.27. The topological polar surface area (TPSA) is 136 Å². The average Bonchev–Trinajstić information content (AvgIpc) is 3.26. The van der Waals surface area contributed by atoms with E-state index in [0.717, 1.165) is 46.8 Å². The Bertz CT molecular complexity index is 1600. The number of methoxy groups -OCH3 is 1. The van der Waals surface area contributed by atoms with E-state index in [1.807, 2.05) is 19.9 Å². The highest BCUT2D eigenvalue weighted by atomic mass is 19.1. The summed E-state index contributed by atoms with van der Waals surface area (Å²) in [5.74, 6) is -1.69. The van der Waals surface area contributed by atoms with Gasteiger partial charge in [0.25, 0.3) is 0 Å². The number of amides is 2. The second kappa shape index (κ2) is 18.8. The van der Waals surface area contributed by atoms with Gasteiger partial charge in [-0.05, 0) is 98.7 Å². The summed E-state index contributed by atoms with van der Waals surface area (Å²) in [5, 5.41) is 9.37. The van der Waals surface area contributed by atoms with Crippen LogP contribution in [0.15, 0.2) is 23.3 Å². The highest BCUT2D eigenvalue weighted by Crippen LogP contribution is 2.42. The molecule has 0 saturated carbocycles. The van der Waals surface area contributed by atoms with Crippen LogP contribution in [0.4, 0.5) is 4.39 Å². The SMILES string of the molecule is CCc1c(/C(=C/C(=C(/COC)C(C)=O)C(C=O)CC)C(C)CC)nc2cc(F)c(C)c3c2c1C(NC(=O)COCNC(=O)CNC)CCC3. The first-order valence-corrected chi connectivity index (χ1v) is 17.3. The number of halogens is 1. The maximum atomic E-state index is 15.5. The second-order valence-corrected chi connectivity index (χ2v) is 12.7. The number of benzene rings is 1. The molecular formula is C38H53FN4O6. The smallest absolute Gasteiger partial charge is 0.246 e. The Morgan fingerprint density at radius 3 is 2.47 bits per heavy atom. The van der Waals surface area contributed by atoms with Crippen LogP contribution in [0, 0.1) is 24.6 Å². The molecule has 11 heteroatoms. The number of carbonyl (C=O) groups is 4. The van der Waals surface area contributed by atoms with Gasteiger partial charge in [-0.25, -0.2) is 9.37 Å². The van der Waals surface area contributed by atoms with Gasteiger partial charge in [-0.2, -0.15) is 0 Å². The number of aromatic nitrogens is 1. The summed E-state index contributed by atoms with van der Waals surface area (Å²) in [6, 6.07) is 1.06. The summed E-state index contributed by atoms with van der Waals surface area (Å²) in [6.45, 7) is 11.2. The van der Waals surface area contributed by atoms with Crippen LogP contribution in [0.1, 0.15) is 94.3 Å². The number of Topliss-reactive ketones (excluding diaryl/α,β-unsaturated/α-hetero) is 1. The van der Waals surface area contributed by atoms with Gasteiger partial charge in [0.05, 0.1) is 30.4 Å². The summed E-state index contributed by atoms with van der Waals surface area (Å²) in [7, 11) is 3.18. The van der Waals surface area contributed by atoms with Crippen LogP contribution in [0.25, 0.3) is 16.5 Å². The third-order valence-electron chi connectivity index (χ3n) is 9.44. The number of rotatable bonds is 18. The molecule has 1 heterocycles. The molecule has 0 fully saturated rings. The minimum Gasteiger partial charge on any atom is -0.380 e. The van der Waals surface area contributed by atoms with Crippen molar-refractivity contribution in [2.75, 3.05) is 40.6 Å². The van der Waals surface area contributed by atoms with E-state index in [0.29, 0.717) is 53.6 Å². The molecule has 0 spiro atoms. The summed E-state index contributed by atoms with van der Waals surface area (Å²) < 4.78 is 26.4. The van der Waals surface area contributed by atoms with Gasteiger partial charge in [-0.15, -0.1) is 0 Å². The molecule has 1 aliphatic carbocycles. The number of nitrogens with zero attached hydrogens (tertiary/aromatic N) is 1. The molecule has 3 atom stereocenters. The van der Waals surface area contributed by atoms with Gasteiger partial charge in [0, 0.05) is 30.1 Å². The summed E-state index contributed by atoms with van der Waals surface area (Å²) >= 11 is 0. The minimum absolute atomic E-state index is 0.0440. The van der Waals surface area contributed by atoms with Crippen LogP contribution in [0.3, 0.4) is 0 Å². The van der Waals surface area contributed by atoms with Gasteiger partial charge in [-0.3, -0.25) is 14.4 Å². The quantitative estimate of drug-likeness (QED) is 0.0640. The number of likely N-dealkylation sites (N-methyl/N-ethyl adjacent to an activating group) is 1. The third kappa shape index (κ3) is 9.46. The van der Waals surface area contributed by atoms with E-state index in [9.17, 15) is 19.2 Å². The van der Waals surface area contributed by atoms with Crippen molar-refractivity contribution in [2.45, 2.75) is 86.1 Å². The van der Waals surface area contributed by atoms with Crippen molar-refractivity contribution in [3.8, 4) is 0 Å². The number of carbonyl (C=O) groups excluding carboxylic acids is 4. The summed E-state index contributed by atoms with van der Waals surface area (Å²) in [6.07, 6.45) is 6.56. The zero-order chi connectivity index (χ0) is 36.2. The molecule has 3 rings (SSSR count). The highest BCUT2D eigenvalue weighted by molar-refractivity contribution is 5.97. The fraction of sp³-hybridized carbons (Fsp3) is 0.553. The van der Waals surface area contributed by atoms with Gasteiger partial charge in [-0.1, -0.05) is 33.8 Å². The van der Waals surface area contributed by atoms with E-state index in [1.165, 1.54) is 20.1 Å². The second-order valence-electron chi connectivity index (χ2n) is 12.7. The summed E-state index contributed by atoms with van der Waals surface area (Å²) in [4.78, 5) is 55.5. The predicted molar refractivity (Wildman–Crippen MR) is 189 cm³/mol. The van der Waals surface area contributed by atoms with E-state index in [1.54, 1.807) is 14.0 Å². The van der Waals surface area contributed by atoms with Gasteiger partial charge in [0.2, 0.25) is 11.8 Å². The first-order chi connectivity index (χ1) is 23.5. The van der Waals surface area contributed by atoms with Crippen LogP contribution in [0.5, 0.6) is 0 Å². The molecule has 0 aliphatic heterocycles. The van der Waals surface area contributed by atoms with E-state index in [2.05, 4.69) is 29.8 Å². The first-order valence-electron chi connectivity index (χ1n) is 17.3. The van der Waals surface area contributed by atoms with Crippen LogP contribution in [-0.4, -0.2) is 69.5 Å². The lowest BCUT2D eigenvalue weighted by Crippen LogP contribution is -2.36. The number of nitrogens with one attached hydrogen (secondary N) is 3. The number of aryl methyl sites for hydroxylation is 1. The van der Waals surface area contributed by atoms with Crippen LogP contribution >= 0.6 is 0 Å². The molecular weight excluding hydrogens is 627 g/mol. The van der Waals surface area contributed by atoms with Crippen LogP contribution in [-0.2, 0) is 41.5 Å². The Labute approximate surface area is 289 Å². The fourth-order valence-electron chi connectivity index (χ4n) is 6.61. The maximum absolute atomic E-state index is 15.5. The molecule has 1 aromatic heterocycles. The molecule has 3 unspecified atom stereocenters. The average molecular weight is 681 g/mol. The Morgan fingerprint density at radius 2 is 1.88 bits per heavy atom. The summed E-state index contributed by atoms with van der Waals surface area (Å²) in [5.41, 5.74) is 6.30. The fourth-order valence-corrected chi connectivity index (χ4v) is 6.61. The van der Waals surface area contributed by atoms with E-state index < -0.39 is 12.0 Å². The zero-order valence-electron chi connectivity index (χ0n) is 30.3. The van der Waals surface area contributed by atoms with E-state index in [-0.39, 0.29) is 55.8 Å². The molecule has 0 radical (unpaired) electrons. The predicted octanol–water partition coefficient (Wildman–Crippen LogP) is 5.23. The van der Waals surface area contributed by atoms with Crippen molar-refractivity contribution >= 4 is 40.4 Å². The molecule has 2 aromatic rings. The standard InChI is InChI=1S/C38H53FN4O6/c1-9-22(4)28(15-29(25(10-2)18-44)30(19-48-8)24(6)45)38-26(11-3)36-32(42-35(47)20-49-21-41-34(46)17-40-7)14-12-13-27-23(5)31(39)16-33(43-38)37(27)36/h15-16,18,22,25,32,40H,9-14,17,19-21H2,1-8H3,(H,41,46)(H,42,47)/b28-15+,30-29+. The van der Waals surface area contributed by atoms with Gasteiger partial charge in [0.1, 0.15) is 25.4 Å². The molecule has 1 aromatic carbocycles. The monoisotopic (exact) mass is 680 g/mol. The van der Waals surface area contributed by atoms with Crippen molar-refractivity contribution in [1.82, 2.24) is 20.9 Å². The third-order valence-corrected chi connectivity index (χ3v) is 9.44. The first kappa shape index (κ1) is 39.6.